The summed E-state index contributed by atoms with van der Waals surface area (Å²) in [6.07, 6.45) is 2.59. The first-order valence-electron chi connectivity index (χ1n) is 5.51. The van der Waals surface area contributed by atoms with Crippen LogP contribution in [0.25, 0.3) is 0 Å². The van der Waals surface area contributed by atoms with Gasteiger partial charge in [-0.1, -0.05) is 29.8 Å². The molecule has 0 fully saturated rings. The number of rotatable bonds is 3. The van der Waals surface area contributed by atoms with Crippen molar-refractivity contribution >= 4 is 0 Å². The molecule has 2 heteroatoms. The first kappa shape index (κ1) is 11.0. The average Bonchev–Trinajstić information content (AvgIpc) is 2.68. The van der Waals surface area contributed by atoms with Gasteiger partial charge in [0.15, 0.2) is 0 Å². The Labute approximate surface area is 96.1 Å². The predicted molar refractivity (Wildman–Crippen MR) is 65.3 cm³/mol. The number of nitrogens with two attached hydrogens (primary N) is 1. The van der Waals surface area contributed by atoms with Gasteiger partial charge in [-0.05, 0) is 31.9 Å². The van der Waals surface area contributed by atoms with Crippen LogP contribution in [0.2, 0.25) is 0 Å². The van der Waals surface area contributed by atoms with E-state index in [4.69, 9.17) is 10.2 Å². The summed E-state index contributed by atoms with van der Waals surface area (Å²) >= 11 is 0. The molecule has 0 bridgehead atoms. The highest BCUT2D eigenvalue weighted by Gasteiger charge is 2.09. The third kappa shape index (κ3) is 2.52. The topological polar surface area (TPSA) is 39.2 Å². The largest absolute Gasteiger partial charge is 0.469 e. The molecule has 1 atom stereocenters. The highest BCUT2D eigenvalue weighted by atomic mass is 16.3. The van der Waals surface area contributed by atoms with Gasteiger partial charge < -0.3 is 10.2 Å². The lowest BCUT2D eigenvalue weighted by molar-refractivity contribution is 0.528. The van der Waals surface area contributed by atoms with E-state index in [1.165, 1.54) is 11.1 Å². The summed E-state index contributed by atoms with van der Waals surface area (Å²) in [5, 5.41) is 0. The minimum Gasteiger partial charge on any atom is -0.469 e. The zero-order valence-corrected chi connectivity index (χ0v) is 9.73. The fourth-order valence-electron chi connectivity index (χ4n) is 1.75. The van der Waals surface area contributed by atoms with Gasteiger partial charge in [0.25, 0.3) is 0 Å². The van der Waals surface area contributed by atoms with Gasteiger partial charge >= 0.3 is 0 Å². The minimum absolute atomic E-state index is 0.0140. The Morgan fingerprint density at radius 1 is 1.19 bits per heavy atom. The monoisotopic (exact) mass is 215 g/mol. The molecule has 2 nitrogen and oxygen atoms in total. The van der Waals surface area contributed by atoms with Crippen LogP contribution in [0, 0.1) is 13.8 Å². The molecule has 1 heterocycles. The molecule has 0 saturated carbocycles. The molecule has 2 N–H and O–H groups in total. The summed E-state index contributed by atoms with van der Waals surface area (Å²) in [7, 11) is 0. The summed E-state index contributed by atoms with van der Waals surface area (Å²) in [6, 6.07) is 10.5. The standard InChI is InChI=1S/C14H17NO/c1-10-3-5-12(6-4-10)8-14(15)13-7-11(2)16-9-13/h3-7,9,14H,8,15H2,1-2H3. The van der Waals surface area contributed by atoms with E-state index >= 15 is 0 Å². The lowest BCUT2D eigenvalue weighted by atomic mass is 10.0. The fraction of sp³-hybridized carbons (Fsp3) is 0.286. The van der Waals surface area contributed by atoms with Gasteiger partial charge in [0.1, 0.15) is 5.76 Å². The second-order valence-electron chi connectivity index (χ2n) is 4.29. The van der Waals surface area contributed by atoms with Crippen LogP contribution >= 0.6 is 0 Å². The van der Waals surface area contributed by atoms with Crippen LogP contribution in [0.3, 0.4) is 0 Å². The molecule has 0 spiro atoms. The Bertz CT molecular complexity index is 456. The van der Waals surface area contributed by atoms with Gasteiger partial charge in [0.05, 0.1) is 6.26 Å². The SMILES string of the molecule is Cc1ccc(CC(N)c2coc(C)c2)cc1. The first-order chi connectivity index (χ1) is 7.65. The molecule has 2 rings (SSSR count). The molecule has 1 unspecified atom stereocenters. The van der Waals surface area contributed by atoms with Crippen LogP contribution in [0.5, 0.6) is 0 Å². The van der Waals surface area contributed by atoms with Gasteiger partial charge in [-0.15, -0.1) is 0 Å². The van der Waals surface area contributed by atoms with Crippen molar-refractivity contribution in [1.82, 2.24) is 0 Å². The fourth-order valence-corrected chi connectivity index (χ4v) is 1.75. The zero-order valence-electron chi connectivity index (χ0n) is 9.73. The third-order valence-corrected chi connectivity index (χ3v) is 2.76. The second-order valence-corrected chi connectivity index (χ2v) is 4.29. The summed E-state index contributed by atoms with van der Waals surface area (Å²) in [6.45, 7) is 4.02. The van der Waals surface area contributed by atoms with E-state index in [0.29, 0.717) is 0 Å². The molecule has 2 aromatic rings. The van der Waals surface area contributed by atoms with E-state index in [1.807, 2.05) is 13.0 Å². The van der Waals surface area contributed by atoms with E-state index in [-0.39, 0.29) is 6.04 Å². The molecule has 16 heavy (non-hydrogen) atoms. The summed E-state index contributed by atoms with van der Waals surface area (Å²) < 4.78 is 5.26. The van der Waals surface area contributed by atoms with E-state index in [2.05, 4.69) is 31.2 Å². The van der Waals surface area contributed by atoms with Gasteiger partial charge in [-0.2, -0.15) is 0 Å². The maximum absolute atomic E-state index is 6.12. The maximum atomic E-state index is 6.12. The van der Waals surface area contributed by atoms with Crippen LogP contribution in [0.1, 0.15) is 28.5 Å². The lowest BCUT2D eigenvalue weighted by Crippen LogP contribution is -2.12. The molecule has 84 valence electrons. The third-order valence-electron chi connectivity index (χ3n) is 2.76. The molecule has 0 saturated heterocycles. The van der Waals surface area contributed by atoms with Crippen molar-refractivity contribution in [2.75, 3.05) is 0 Å². The Hall–Kier alpha value is -1.54. The Morgan fingerprint density at radius 3 is 2.44 bits per heavy atom. The van der Waals surface area contributed by atoms with Crippen molar-refractivity contribution in [1.29, 1.82) is 0 Å². The quantitative estimate of drug-likeness (QED) is 0.854. The summed E-state index contributed by atoms with van der Waals surface area (Å²) in [5.74, 6) is 0.911. The average molecular weight is 215 g/mol. The Kier molecular flexibility index (Phi) is 3.11. The number of hydrogen-bond acceptors (Lipinski definition) is 2. The molecule has 0 aliphatic heterocycles. The van der Waals surface area contributed by atoms with E-state index in [9.17, 15) is 0 Å². The van der Waals surface area contributed by atoms with E-state index in [1.54, 1.807) is 6.26 Å². The van der Waals surface area contributed by atoms with Crippen LogP contribution in [-0.4, -0.2) is 0 Å². The molecule has 0 aliphatic rings. The first-order valence-corrected chi connectivity index (χ1v) is 5.51. The van der Waals surface area contributed by atoms with Gasteiger partial charge in [0.2, 0.25) is 0 Å². The van der Waals surface area contributed by atoms with Crippen molar-refractivity contribution in [3.8, 4) is 0 Å². The molecular formula is C14H17NO. The van der Waals surface area contributed by atoms with Crippen molar-refractivity contribution in [2.45, 2.75) is 26.3 Å². The van der Waals surface area contributed by atoms with Crippen LogP contribution in [0.4, 0.5) is 0 Å². The molecule has 0 aliphatic carbocycles. The smallest absolute Gasteiger partial charge is 0.101 e. The Balaban J connectivity index is 2.07. The molecule has 1 aromatic heterocycles. The molecule has 1 aromatic carbocycles. The van der Waals surface area contributed by atoms with Crippen molar-refractivity contribution < 1.29 is 4.42 Å². The zero-order chi connectivity index (χ0) is 11.5. The van der Waals surface area contributed by atoms with Crippen molar-refractivity contribution in [2.24, 2.45) is 5.73 Å². The van der Waals surface area contributed by atoms with E-state index in [0.717, 1.165) is 17.7 Å². The maximum Gasteiger partial charge on any atom is 0.101 e. The summed E-state index contributed by atoms with van der Waals surface area (Å²) in [4.78, 5) is 0. The second kappa shape index (κ2) is 4.54. The van der Waals surface area contributed by atoms with Crippen molar-refractivity contribution in [3.05, 3.63) is 59.0 Å². The van der Waals surface area contributed by atoms with Gasteiger partial charge in [-0.25, -0.2) is 0 Å². The molecule has 0 amide bonds. The van der Waals surface area contributed by atoms with Crippen LogP contribution in [-0.2, 0) is 6.42 Å². The Morgan fingerprint density at radius 2 is 1.88 bits per heavy atom. The normalized spacial score (nSPS) is 12.7. The molecule has 0 radical (unpaired) electrons. The predicted octanol–water partition coefficient (Wildman–Crippen LogP) is 3.14. The van der Waals surface area contributed by atoms with Crippen LogP contribution < -0.4 is 5.73 Å². The van der Waals surface area contributed by atoms with Crippen molar-refractivity contribution in [3.63, 3.8) is 0 Å². The number of benzene rings is 1. The van der Waals surface area contributed by atoms with Crippen LogP contribution in [0.15, 0.2) is 41.0 Å². The highest BCUT2D eigenvalue weighted by Crippen LogP contribution is 2.18. The van der Waals surface area contributed by atoms with E-state index < -0.39 is 0 Å². The van der Waals surface area contributed by atoms with Gasteiger partial charge in [-0.3, -0.25) is 0 Å². The minimum atomic E-state index is 0.0140. The lowest BCUT2D eigenvalue weighted by Gasteiger charge is -2.09. The van der Waals surface area contributed by atoms with Gasteiger partial charge in [0, 0.05) is 11.6 Å². The molecular weight excluding hydrogens is 198 g/mol. The number of hydrogen-bond donors (Lipinski definition) is 1. The number of aryl methyl sites for hydroxylation is 2. The summed E-state index contributed by atoms with van der Waals surface area (Å²) in [5.41, 5.74) is 9.72. The number of furan rings is 1. The highest BCUT2D eigenvalue weighted by molar-refractivity contribution is 5.25.